The number of carbonyl (C=O) groups is 2. The van der Waals surface area contributed by atoms with Crippen LogP contribution in [-0.2, 0) is 0 Å². The number of rotatable bonds is 1. The summed E-state index contributed by atoms with van der Waals surface area (Å²) in [5.74, 6) is 0.205. The molecule has 1 saturated heterocycles. The number of nitrogens with one attached hydrogen (secondary N) is 1. The van der Waals surface area contributed by atoms with E-state index >= 15 is 0 Å². The number of piperidine rings is 1. The Hall–Kier alpha value is -3.42. The number of benzene rings is 1. The summed E-state index contributed by atoms with van der Waals surface area (Å²) in [6, 6.07) is 8.91. The van der Waals surface area contributed by atoms with Gasteiger partial charge in [-0.15, -0.1) is 0 Å². The lowest BCUT2D eigenvalue weighted by molar-refractivity contribution is -0.0313. The molecule has 27 heavy (non-hydrogen) atoms. The number of aromatic nitrogens is 3. The highest BCUT2D eigenvalue weighted by Crippen LogP contribution is 2.33. The van der Waals surface area contributed by atoms with Gasteiger partial charge in [0.15, 0.2) is 5.65 Å². The van der Waals surface area contributed by atoms with Crippen molar-refractivity contribution in [3.8, 4) is 5.75 Å². The van der Waals surface area contributed by atoms with Crippen molar-refractivity contribution in [2.75, 3.05) is 13.1 Å². The largest absolute Gasteiger partial charge is 0.465 e. The highest BCUT2D eigenvalue weighted by Gasteiger charge is 2.44. The first kappa shape index (κ1) is 15.8. The van der Waals surface area contributed by atoms with Crippen LogP contribution in [-0.4, -0.2) is 50.1 Å². The smallest absolute Gasteiger partial charge is 0.259 e. The standard InChI is InChI=1S/C19H17N5O3/c25-17-13-5-1-2-6-15(13)27-19(22-17)7-3-9-23(12-19)18(26)14-11-21-24-10-4-8-20-16(14)24/h1-2,4-6,8,10-11H,3,7,9,12H2,(H,22,25). The van der Waals surface area contributed by atoms with Gasteiger partial charge in [-0.25, -0.2) is 9.50 Å². The van der Waals surface area contributed by atoms with Crippen molar-refractivity contribution in [3.63, 3.8) is 0 Å². The fourth-order valence-electron chi connectivity index (χ4n) is 3.78. The minimum absolute atomic E-state index is 0.167. The van der Waals surface area contributed by atoms with Crippen LogP contribution < -0.4 is 10.1 Å². The third-order valence-corrected chi connectivity index (χ3v) is 5.03. The van der Waals surface area contributed by atoms with Gasteiger partial charge in [-0.05, 0) is 24.6 Å². The second kappa shape index (κ2) is 5.80. The van der Waals surface area contributed by atoms with Gasteiger partial charge in [-0.1, -0.05) is 12.1 Å². The van der Waals surface area contributed by atoms with E-state index in [9.17, 15) is 9.59 Å². The summed E-state index contributed by atoms with van der Waals surface area (Å²) in [4.78, 5) is 31.6. The molecule has 2 aromatic heterocycles. The Bertz CT molecular complexity index is 1060. The van der Waals surface area contributed by atoms with Gasteiger partial charge in [-0.2, -0.15) is 5.10 Å². The minimum atomic E-state index is -0.907. The van der Waals surface area contributed by atoms with Crippen molar-refractivity contribution in [2.45, 2.75) is 18.6 Å². The summed E-state index contributed by atoms with van der Waals surface area (Å²) in [6.07, 6.45) is 6.28. The van der Waals surface area contributed by atoms with Gasteiger partial charge < -0.3 is 15.0 Å². The predicted molar refractivity (Wildman–Crippen MR) is 95.4 cm³/mol. The van der Waals surface area contributed by atoms with E-state index in [-0.39, 0.29) is 18.4 Å². The molecule has 0 radical (unpaired) electrons. The van der Waals surface area contributed by atoms with Crippen LogP contribution in [0.3, 0.4) is 0 Å². The SMILES string of the molecule is O=C1NC2(CCCN(C(=O)c3cnn4cccnc34)C2)Oc2ccccc21. The maximum atomic E-state index is 13.1. The van der Waals surface area contributed by atoms with Crippen LogP contribution in [0.1, 0.15) is 33.6 Å². The van der Waals surface area contributed by atoms with Crippen molar-refractivity contribution in [1.29, 1.82) is 0 Å². The van der Waals surface area contributed by atoms with E-state index < -0.39 is 5.72 Å². The zero-order valence-electron chi connectivity index (χ0n) is 14.5. The molecule has 8 nitrogen and oxygen atoms in total. The topological polar surface area (TPSA) is 88.8 Å². The number of amides is 2. The quantitative estimate of drug-likeness (QED) is 0.708. The molecule has 2 amide bonds. The Kier molecular flexibility index (Phi) is 3.40. The molecule has 1 N–H and O–H groups in total. The van der Waals surface area contributed by atoms with Crippen molar-refractivity contribution >= 4 is 17.5 Å². The van der Waals surface area contributed by atoms with Gasteiger partial charge in [0, 0.05) is 25.4 Å². The summed E-state index contributed by atoms with van der Waals surface area (Å²) in [5.41, 5.74) is 0.560. The zero-order valence-corrected chi connectivity index (χ0v) is 14.5. The van der Waals surface area contributed by atoms with Crippen LogP contribution in [0.2, 0.25) is 0 Å². The van der Waals surface area contributed by atoms with Gasteiger partial charge >= 0.3 is 0 Å². The fraction of sp³-hybridized carbons (Fsp3) is 0.263. The first-order chi connectivity index (χ1) is 13.2. The molecular formula is C19H17N5O3. The lowest BCUT2D eigenvalue weighted by Crippen LogP contribution is -2.64. The average Bonchev–Trinajstić information content (AvgIpc) is 3.11. The number of ether oxygens (including phenoxy) is 1. The number of para-hydroxylation sites is 1. The predicted octanol–water partition coefficient (Wildman–Crippen LogP) is 1.48. The number of fused-ring (bicyclic) bond motifs is 2. The van der Waals surface area contributed by atoms with E-state index in [4.69, 9.17) is 4.74 Å². The molecule has 5 rings (SSSR count). The van der Waals surface area contributed by atoms with E-state index in [0.29, 0.717) is 35.5 Å². The molecule has 2 aliphatic heterocycles. The summed E-state index contributed by atoms with van der Waals surface area (Å²) in [5, 5.41) is 7.15. The molecule has 1 aromatic carbocycles. The summed E-state index contributed by atoms with van der Waals surface area (Å²) in [7, 11) is 0. The van der Waals surface area contributed by atoms with E-state index in [1.165, 1.54) is 6.20 Å². The molecular weight excluding hydrogens is 346 g/mol. The molecule has 4 heterocycles. The molecule has 1 fully saturated rings. The first-order valence-corrected chi connectivity index (χ1v) is 8.83. The van der Waals surface area contributed by atoms with Gasteiger partial charge in [-0.3, -0.25) is 9.59 Å². The number of hydrogen-bond donors (Lipinski definition) is 1. The number of nitrogens with zero attached hydrogens (tertiary/aromatic N) is 4. The minimum Gasteiger partial charge on any atom is -0.465 e. The third-order valence-electron chi connectivity index (χ3n) is 5.03. The fourth-order valence-corrected chi connectivity index (χ4v) is 3.78. The maximum absolute atomic E-state index is 13.1. The Balaban J connectivity index is 1.45. The summed E-state index contributed by atoms with van der Waals surface area (Å²) in [6.45, 7) is 0.863. The molecule has 3 aromatic rings. The van der Waals surface area contributed by atoms with Gasteiger partial charge in [0.1, 0.15) is 11.3 Å². The van der Waals surface area contributed by atoms with Crippen LogP contribution in [0.5, 0.6) is 5.75 Å². The molecule has 1 spiro atoms. The normalized spacial score (nSPS) is 21.6. The average molecular weight is 363 g/mol. The van der Waals surface area contributed by atoms with Crippen LogP contribution in [0.25, 0.3) is 5.65 Å². The molecule has 8 heteroatoms. The van der Waals surface area contributed by atoms with Crippen LogP contribution >= 0.6 is 0 Å². The Morgan fingerprint density at radius 3 is 3.07 bits per heavy atom. The number of likely N-dealkylation sites (tertiary alicyclic amines) is 1. The maximum Gasteiger partial charge on any atom is 0.259 e. The molecule has 1 atom stereocenters. The zero-order chi connectivity index (χ0) is 18.4. The monoisotopic (exact) mass is 363 g/mol. The Morgan fingerprint density at radius 1 is 1.26 bits per heavy atom. The van der Waals surface area contributed by atoms with Crippen molar-refractivity contribution < 1.29 is 14.3 Å². The molecule has 0 saturated carbocycles. The van der Waals surface area contributed by atoms with Crippen LogP contribution in [0.4, 0.5) is 0 Å². The van der Waals surface area contributed by atoms with Crippen LogP contribution in [0, 0.1) is 0 Å². The molecule has 1 unspecified atom stereocenters. The first-order valence-electron chi connectivity index (χ1n) is 8.83. The second-order valence-electron chi connectivity index (χ2n) is 6.82. The Morgan fingerprint density at radius 2 is 2.15 bits per heavy atom. The van der Waals surface area contributed by atoms with E-state index in [0.717, 1.165) is 6.42 Å². The van der Waals surface area contributed by atoms with E-state index in [2.05, 4.69) is 15.4 Å². The number of carbonyl (C=O) groups excluding carboxylic acids is 2. The lowest BCUT2D eigenvalue weighted by atomic mass is 9.97. The van der Waals surface area contributed by atoms with E-state index in [1.807, 2.05) is 6.07 Å². The van der Waals surface area contributed by atoms with Gasteiger partial charge in [0.05, 0.1) is 18.3 Å². The summed E-state index contributed by atoms with van der Waals surface area (Å²) >= 11 is 0. The lowest BCUT2D eigenvalue weighted by Gasteiger charge is -2.45. The van der Waals surface area contributed by atoms with Crippen LogP contribution in [0.15, 0.2) is 48.9 Å². The second-order valence-corrected chi connectivity index (χ2v) is 6.82. The van der Waals surface area contributed by atoms with Crippen molar-refractivity contribution in [2.24, 2.45) is 0 Å². The van der Waals surface area contributed by atoms with Gasteiger partial charge in [0.2, 0.25) is 5.72 Å². The molecule has 136 valence electrons. The highest BCUT2D eigenvalue weighted by molar-refractivity contribution is 6.00. The summed E-state index contributed by atoms with van der Waals surface area (Å²) < 4.78 is 7.73. The third kappa shape index (κ3) is 2.52. The van der Waals surface area contributed by atoms with E-state index in [1.54, 1.807) is 46.1 Å². The molecule has 0 bridgehead atoms. The van der Waals surface area contributed by atoms with Crippen molar-refractivity contribution in [1.82, 2.24) is 24.8 Å². The molecule has 2 aliphatic rings. The van der Waals surface area contributed by atoms with Crippen molar-refractivity contribution in [3.05, 3.63) is 60.0 Å². The number of hydrogen-bond acceptors (Lipinski definition) is 5. The van der Waals surface area contributed by atoms with Gasteiger partial charge in [0.25, 0.3) is 11.8 Å². The Labute approximate surface area is 154 Å². The highest BCUT2D eigenvalue weighted by atomic mass is 16.5. The molecule has 0 aliphatic carbocycles.